The molecule has 14 heavy (non-hydrogen) atoms. The van der Waals surface area contributed by atoms with E-state index in [4.69, 9.17) is 0 Å². The minimum atomic E-state index is 0.0116. The van der Waals surface area contributed by atoms with Crippen molar-refractivity contribution in [3.63, 3.8) is 0 Å². The maximum atomic E-state index is 11.6. The highest BCUT2D eigenvalue weighted by Gasteiger charge is 2.33. The third kappa shape index (κ3) is 1.42. The summed E-state index contributed by atoms with van der Waals surface area (Å²) in [6.45, 7) is 4.49. The molecule has 1 saturated heterocycles. The molecule has 0 saturated carbocycles. The van der Waals surface area contributed by atoms with Gasteiger partial charge in [0.05, 0.1) is 12.2 Å². The number of aromatic nitrogens is 1. The lowest BCUT2D eigenvalue weighted by Gasteiger charge is -2.27. The number of rotatable bonds is 2. The Kier molecular flexibility index (Phi) is 2.29. The third-order valence-corrected chi connectivity index (χ3v) is 2.49. The molecular formula is C10H15N3O. The van der Waals surface area contributed by atoms with Crippen molar-refractivity contribution in [3.05, 3.63) is 24.0 Å². The summed E-state index contributed by atoms with van der Waals surface area (Å²) in [5.41, 5.74) is 1.05. The third-order valence-electron chi connectivity index (χ3n) is 2.49. The summed E-state index contributed by atoms with van der Waals surface area (Å²) >= 11 is 0. The van der Waals surface area contributed by atoms with Crippen LogP contribution in [0.4, 0.5) is 0 Å². The first-order valence-electron chi connectivity index (χ1n) is 4.88. The molecule has 2 heterocycles. The first-order valence-corrected chi connectivity index (χ1v) is 4.88. The largest absolute Gasteiger partial charge is 0.362 e. The van der Waals surface area contributed by atoms with E-state index in [0.717, 1.165) is 5.69 Å². The van der Waals surface area contributed by atoms with Crippen molar-refractivity contribution in [2.75, 3.05) is 6.54 Å². The Morgan fingerprint density at radius 3 is 2.93 bits per heavy atom. The van der Waals surface area contributed by atoms with Crippen LogP contribution in [-0.4, -0.2) is 28.4 Å². The maximum Gasteiger partial charge on any atom is 0.238 e. The van der Waals surface area contributed by atoms with Crippen molar-refractivity contribution in [1.29, 1.82) is 0 Å². The van der Waals surface area contributed by atoms with E-state index in [9.17, 15) is 4.79 Å². The van der Waals surface area contributed by atoms with E-state index in [2.05, 4.69) is 10.3 Å². The van der Waals surface area contributed by atoms with Crippen LogP contribution in [0.1, 0.15) is 25.7 Å². The molecule has 0 aromatic carbocycles. The van der Waals surface area contributed by atoms with Gasteiger partial charge >= 0.3 is 0 Å². The van der Waals surface area contributed by atoms with E-state index in [1.165, 1.54) is 0 Å². The number of hydrogen-bond donors (Lipinski definition) is 2. The van der Waals surface area contributed by atoms with Crippen LogP contribution in [0.15, 0.2) is 18.3 Å². The van der Waals surface area contributed by atoms with E-state index in [-0.39, 0.29) is 18.1 Å². The molecule has 1 aliphatic rings. The maximum absolute atomic E-state index is 11.6. The van der Waals surface area contributed by atoms with Crippen molar-refractivity contribution >= 4 is 5.91 Å². The molecule has 1 aromatic rings. The number of aromatic amines is 1. The summed E-state index contributed by atoms with van der Waals surface area (Å²) in [6.07, 6.45) is 1.88. The number of carbonyl (C=O) groups excluding carboxylic acids is 1. The molecule has 1 aromatic heterocycles. The van der Waals surface area contributed by atoms with E-state index < -0.39 is 0 Å². The summed E-state index contributed by atoms with van der Waals surface area (Å²) < 4.78 is 0. The molecule has 0 bridgehead atoms. The quantitative estimate of drug-likeness (QED) is 0.731. The number of carbonyl (C=O) groups is 1. The second-order valence-corrected chi connectivity index (χ2v) is 3.80. The molecule has 4 nitrogen and oxygen atoms in total. The average molecular weight is 193 g/mol. The fraction of sp³-hybridized carbons (Fsp3) is 0.500. The van der Waals surface area contributed by atoms with Crippen molar-refractivity contribution in [1.82, 2.24) is 15.2 Å². The lowest BCUT2D eigenvalue weighted by Crippen LogP contribution is -2.36. The standard InChI is InChI=1S/C10H15N3O/c1-7(2)13-9(14)6-12-10(13)8-4-3-5-11-8/h3-5,7,10-12H,6H2,1-2H3. The summed E-state index contributed by atoms with van der Waals surface area (Å²) in [4.78, 5) is 16.6. The Morgan fingerprint density at radius 2 is 2.36 bits per heavy atom. The molecule has 0 spiro atoms. The fourth-order valence-electron chi connectivity index (χ4n) is 1.88. The molecule has 1 unspecified atom stereocenters. The second-order valence-electron chi connectivity index (χ2n) is 3.80. The smallest absolute Gasteiger partial charge is 0.238 e. The van der Waals surface area contributed by atoms with Crippen LogP contribution in [-0.2, 0) is 4.79 Å². The lowest BCUT2D eigenvalue weighted by molar-refractivity contribution is -0.129. The van der Waals surface area contributed by atoms with Crippen molar-refractivity contribution < 1.29 is 4.79 Å². The van der Waals surface area contributed by atoms with Gasteiger partial charge in [0.25, 0.3) is 0 Å². The molecule has 4 heteroatoms. The number of hydrogen-bond acceptors (Lipinski definition) is 2. The van der Waals surface area contributed by atoms with Gasteiger partial charge in [0.15, 0.2) is 0 Å². The number of amides is 1. The Labute approximate surface area is 83.3 Å². The van der Waals surface area contributed by atoms with Crippen LogP contribution in [0.3, 0.4) is 0 Å². The molecule has 0 radical (unpaired) electrons. The normalized spacial score (nSPS) is 22.4. The van der Waals surface area contributed by atoms with Gasteiger partial charge in [-0.05, 0) is 26.0 Å². The minimum Gasteiger partial charge on any atom is -0.362 e. The predicted octanol–water partition coefficient (Wildman–Crippen LogP) is 0.853. The predicted molar refractivity (Wildman–Crippen MR) is 53.5 cm³/mol. The Hall–Kier alpha value is -1.29. The van der Waals surface area contributed by atoms with Gasteiger partial charge < -0.3 is 9.88 Å². The number of H-pyrrole nitrogens is 1. The number of nitrogens with zero attached hydrogens (tertiary/aromatic N) is 1. The molecule has 2 N–H and O–H groups in total. The van der Waals surface area contributed by atoms with Crippen LogP contribution >= 0.6 is 0 Å². The molecular weight excluding hydrogens is 178 g/mol. The van der Waals surface area contributed by atoms with Gasteiger partial charge in [-0.2, -0.15) is 0 Å². The van der Waals surface area contributed by atoms with Crippen LogP contribution in [0.25, 0.3) is 0 Å². The summed E-state index contributed by atoms with van der Waals surface area (Å²) in [7, 11) is 0. The summed E-state index contributed by atoms with van der Waals surface area (Å²) in [5.74, 6) is 0.166. The zero-order valence-corrected chi connectivity index (χ0v) is 8.45. The first-order chi connectivity index (χ1) is 6.70. The highest BCUT2D eigenvalue weighted by atomic mass is 16.2. The van der Waals surface area contributed by atoms with E-state index in [1.807, 2.05) is 37.1 Å². The van der Waals surface area contributed by atoms with Gasteiger partial charge in [0, 0.05) is 12.2 Å². The second kappa shape index (κ2) is 3.46. The SMILES string of the molecule is CC(C)N1C(=O)CNC1c1ccc[nH]1. The van der Waals surface area contributed by atoms with E-state index >= 15 is 0 Å². The van der Waals surface area contributed by atoms with Gasteiger partial charge in [-0.25, -0.2) is 0 Å². The van der Waals surface area contributed by atoms with Gasteiger partial charge in [0.1, 0.15) is 6.17 Å². The zero-order valence-electron chi connectivity index (χ0n) is 8.45. The molecule has 0 aliphatic carbocycles. The van der Waals surface area contributed by atoms with Gasteiger partial charge in [-0.3, -0.25) is 10.1 Å². The number of nitrogens with one attached hydrogen (secondary N) is 2. The van der Waals surface area contributed by atoms with Crippen LogP contribution in [0.2, 0.25) is 0 Å². The lowest BCUT2D eigenvalue weighted by atomic mass is 10.2. The topological polar surface area (TPSA) is 48.1 Å². The summed E-state index contributed by atoms with van der Waals surface area (Å²) in [6, 6.07) is 4.16. The Balaban J connectivity index is 2.24. The van der Waals surface area contributed by atoms with Crippen molar-refractivity contribution in [2.45, 2.75) is 26.1 Å². The van der Waals surface area contributed by atoms with Crippen LogP contribution in [0.5, 0.6) is 0 Å². The van der Waals surface area contributed by atoms with Gasteiger partial charge in [-0.15, -0.1) is 0 Å². The van der Waals surface area contributed by atoms with Crippen LogP contribution in [0, 0.1) is 0 Å². The monoisotopic (exact) mass is 193 g/mol. The highest BCUT2D eigenvalue weighted by Crippen LogP contribution is 2.22. The molecule has 1 fully saturated rings. The summed E-state index contributed by atoms with van der Waals surface area (Å²) in [5, 5.41) is 3.19. The van der Waals surface area contributed by atoms with Crippen molar-refractivity contribution in [2.24, 2.45) is 0 Å². The average Bonchev–Trinajstić information content (AvgIpc) is 2.70. The highest BCUT2D eigenvalue weighted by molar-refractivity contribution is 5.81. The first kappa shape index (κ1) is 9.27. The molecule has 1 atom stereocenters. The molecule has 1 aliphatic heterocycles. The van der Waals surface area contributed by atoms with Gasteiger partial charge in [-0.1, -0.05) is 0 Å². The fourth-order valence-corrected chi connectivity index (χ4v) is 1.88. The minimum absolute atomic E-state index is 0.0116. The Morgan fingerprint density at radius 1 is 1.57 bits per heavy atom. The molecule has 1 amide bonds. The van der Waals surface area contributed by atoms with E-state index in [0.29, 0.717) is 6.54 Å². The zero-order chi connectivity index (χ0) is 10.1. The van der Waals surface area contributed by atoms with E-state index in [1.54, 1.807) is 0 Å². The van der Waals surface area contributed by atoms with Crippen LogP contribution < -0.4 is 5.32 Å². The van der Waals surface area contributed by atoms with Crippen molar-refractivity contribution in [3.8, 4) is 0 Å². The molecule has 2 rings (SSSR count). The Bertz CT molecular complexity index is 318. The van der Waals surface area contributed by atoms with Gasteiger partial charge in [0.2, 0.25) is 5.91 Å². The molecule has 76 valence electrons.